The van der Waals surface area contributed by atoms with Crippen LogP contribution in [0.5, 0.6) is 5.75 Å². The average molecular weight is 289 g/mol. The van der Waals surface area contributed by atoms with Gasteiger partial charge in [-0.25, -0.2) is 0 Å². The number of para-hydroxylation sites is 1. The van der Waals surface area contributed by atoms with E-state index in [1.54, 1.807) is 7.11 Å². The Balaban J connectivity index is 1.86. The zero-order valence-corrected chi connectivity index (χ0v) is 12.5. The molecule has 21 heavy (non-hydrogen) atoms. The average Bonchev–Trinajstić information content (AvgIpc) is 3.16. The first-order chi connectivity index (χ1) is 10.2. The molecule has 1 aromatic carbocycles. The number of aliphatic carboxylic acids is 1. The third-order valence-corrected chi connectivity index (χ3v) is 5.04. The normalized spacial score (nSPS) is 27.1. The van der Waals surface area contributed by atoms with Gasteiger partial charge >= 0.3 is 5.97 Å². The second-order valence-corrected chi connectivity index (χ2v) is 6.19. The van der Waals surface area contributed by atoms with Crippen molar-refractivity contribution < 1.29 is 14.6 Å². The lowest BCUT2D eigenvalue weighted by molar-refractivity contribution is -0.141. The van der Waals surface area contributed by atoms with Crippen molar-refractivity contribution in [3.63, 3.8) is 0 Å². The SMILES string of the molecule is COc1ccccc1[C@@H]1CN(C2CCCC2)C[C@H]1C(=O)O. The third kappa shape index (κ3) is 2.77. The van der Waals surface area contributed by atoms with E-state index < -0.39 is 5.97 Å². The molecule has 0 aromatic heterocycles. The van der Waals surface area contributed by atoms with Crippen molar-refractivity contribution in [3.05, 3.63) is 29.8 Å². The molecule has 1 saturated carbocycles. The third-order valence-electron chi connectivity index (χ3n) is 5.04. The van der Waals surface area contributed by atoms with Gasteiger partial charge in [-0.1, -0.05) is 31.0 Å². The molecule has 2 fully saturated rings. The zero-order chi connectivity index (χ0) is 14.8. The van der Waals surface area contributed by atoms with Gasteiger partial charge in [0.25, 0.3) is 0 Å². The van der Waals surface area contributed by atoms with Crippen LogP contribution in [0, 0.1) is 5.92 Å². The molecule has 114 valence electrons. The molecule has 2 atom stereocenters. The van der Waals surface area contributed by atoms with Crippen LogP contribution in [-0.4, -0.2) is 42.2 Å². The molecule has 1 saturated heterocycles. The van der Waals surface area contributed by atoms with Crippen molar-refractivity contribution in [2.45, 2.75) is 37.6 Å². The van der Waals surface area contributed by atoms with Gasteiger partial charge in [0.2, 0.25) is 0 Å². The van der Waals surface area contributed by atoms with Crippen molar-refractivity contribution in [3.8, 4) is 5.75 Å². The first-order valence-electron chi connectivity index (χ1n) is 7.80. The van der Waals surface area contributed by atoms with Gasteiger partial charge in [-0.3, -0.25) is 9.69 Å². The van der Waals surface area contributed by atoms with E-state index in [1.807, 2.05) is 24.3 Å². The zero-order valence-electron chi connectivity index (χ0n) is 12.5. The maximum absolute atomic E-state index is 11.7. The Hall–Kier alpha value is -1.55. The number of carbonyl (C=O) groups is 1. The monoisotopic (exact) mass is 289 g/mol. The van der Waals surface area contributed by atoms with E-state index in [-0.39, 0.29) is 11.8 Å². The first kappa shape index (κ1) is 14.4. The van der Waals surface area contributed by atoms with Crippen LogP contribution >= 0.6 is 0 Å². The molecule has 1 aromatic rings. The Morgan fingerprint density at radius 2 is 1.95 bits per heavy atom. The molecular formula is C17H23NO3. The number of hydrogen-bond acceptors (Lipinski definition) is 3. The van der Waals surface area contributed by atoms with Gasteiger partial charge in [0.15, 0.2) is 0 Å². The van der Waals surface area contributed by atoms with Crippen molar-refractivity contribution in [2.24, 2.45) is 5.92 Å². The Bertz CT molecular complexity index is 511. The summed E-state index contributed by atoms with van der Waals surface area (Å²) in [5.74, 6) is -0.186. The highest BCUT2D eigenvalue weighted by molar-refractivity contribution is 5.72. The lowest BCUT2D eigenvalue weighted by atomic mass is 9.88. The van der Waals surface area contributed by atoms with Crippen LogP contribution in [0.4, 0.5) is 0 Å². The molecule has 1 N–H and O–H groups in total. The van der Waals surface area contributed by atoms with Crippen LogP contribution in [0.3, 0.4) is 0 Å². The van der Waals surface area contributed by atoms with Gasteiger partial charge < -0.3 is 9.84 Å². The Kier molecular flexibility index (Phi) is 4.15. The topological polar surface area (TPSA) is 49.8 Å². The minimum Gasteiger partial charge on any atom is -0.496 e. The summed E-state index contributed by atoms with van der Waals surface area (Å²) >= 11 is 0. The molecule has 0 spiro atoms. The minimum atomic E-state index is -0.689. The van der Waals surface area contributed by atoms with Gasteiger partial charge in [-0.15, -0.1) is 0 Å². The van der Waals surface area contributed by atoms with Crippen LogP contribution in [-0.2, 0) is 4.79 Å². The van der Waals surface area contributed by atoms with Gasteiger partial charge in [0.05, 0.1) is 13.0 Å². The standard InChI is InChI=1S/C17H23NO3/c1-21-16-9-5-4-8-13(16)14-10-18(11-15(14)17(19)20)12-6-2-3-7-12/h4-5,8-9,12,14-15H,2-3,6-7,10-11H2,1H3,(H,19,20)/t14-,15+/m0/s1. The predicted molar refractivity (Wildman–Crippen MR) is 80.7 cm³/mol. The molecule has 4 heteroatoms. The Morgan fingerprint density at radius 3 is 2.62 bits per heavy atom. The molecule has 2 aliphatic rings. The number of hydrogen-bond donors (Lipinski definition) is 1. The highest BCUT2D eigenvalue weighted by atomic mass is 16.5. The number of benzene rings is 1. The van der Waals surface area contributed by atoms with Crippen molar-refractivity contribution >= 4 is 5.97 Å². The number of carboxylic acids is 1. The Morgan fingerprint density at radius 1 is 1.24 bits per heavy atom. The van der Waals surface area contributed by atoms with Gasteiger partial charge in [0.1, 0.15) is 5.75 Å². The molecule has 0 bridgehead atoms. The van der Waals surface area contributed by atoms with E-state index in [0.717, 1.165) is 17.9 Å². The lowest BCUT2D eigenvalue weighted by Crippen LogP contribution is -2.31. The molecular weight excluding hydrogens is 266 g/mol. The quantitative estimate of drug-likeness (QED) is 0.926. The Labute approximate surface area is 125 Å². The van der Waals surface area contributed by atoms with Crippen molar-refractivity contribution in [2.75, 3.05) is 20.2 Å². The molecule has 3 rings (SSSR count). The van der Waals surface area contributed by atoms with Crippen LogP contribution < -0.4 is 4.74 Å². The van der Waals surface area contributed by atoms with Crippen molar-refractivity contribution in [1.82, 2.24) is 4.90 Å². The fraction of sp³-hybridized carbons (Fsp3) is 0.588. The van der Waals surface area contributed by atoms with Crippen LogP contribution in [0.1, 0.15) is 37.2 Å². The largest absolute Gasteiger partial charge is 0.496 e. The molecule has 4 nitrogen and oxygen atoms in total. The summed E-state index contributed by atoms with van der Waals surface area (Å²) in [5, 5.41) is 9.60. The number of carboxylic acid groups (broad SMARTS) is 1. The summed E-state index contributed by atoms with van der Waals surface area (Å²) < 4.78 is 5.44. The molecule has 0 amide bonds. The van der Waals surface area contributed by atoms with Crippen LogP contribution in [0.15, 0.2) is 24.3 Å². The predicted octanol–water partition coefficient (Wildman–Crippen LogP) is 2.74. The fourth-order valence-electron chi connectivity index (χ4n) is 3.94. The maximum atomic E-state index is 11.7. The molecule has 1 aliphatic carbocycles. The number of ether oxygens (including phenoxy) is 1. The fourth-order valence-corrected chi connectivity index (χ4v) is 3.94. The number of rotatable bonds is 4. The van der Waals surface area contributed by atoms with Crippen molar-refractivity contribution in [1.29, 1.82) is 0 Å². The minimum absolute atomic E-state index is 0.0271. The molecule has 0 radical (unpaired) electrons. The smallest absolute Gasteiger partial charge is 0.308 e. The van der Waals surface area contributed by atoms with E-state index >= 15 is 0 Å². The second-order valence-electron chi connectivity index (χ2n) is 6.19. The van der Waals surface area contributed by atoms with Crippen LogP contribution in [0.2, 0.25) is 0 Å². The van der Waals surface area contributed by atoms with Crippen LogP contribution in [0.25, 0.3) is 0 Å². The highest BCUT2D eigenvalue weighted by Gasteiger charge is 2.42. The first-order valence-corrected chi connectivity index (χ1v) is 7.80. The van der Waals surface area contributed by atoms with Gasteiger partial charge in [-0.2, -0.15) is 0 Å². The molecule has 0 unspecified atom stereocenters. The van der Waals surface area contributed by atoms with Gasteiger partial charge in [0, 0.05) is 25.0 Å². The maximum Gasteiger partial charge on any atom is 0.308 e. The van der Waals surface area contributed by atoms with E-state index in [4.69, 9.17) is 4.74 Å². The summed E-state index contributed by atoms with van der Waals surface area (Å²) in [6.45, 7) is 1.50. The summed E-state index contributed by atoms with van der Waals surface area (Å²) in [7, 11) is 1.65. The molecule has 1 aliphatic heterocycles. The number of methoxy groups -OCH3 is 1. The summed E-state index contributed by atoms with van der Waals surface area (Å²) in [6.07, 6.45) is 4.98. The number of likely N-dealkylation sites (tertiary alicyclic amines) is 1. The van der Waals surface area contributed by atoms with E-state index in [0.29, 0.717) is 12.6 Å². The summed E-state index contributed by atoms with van der Waals surface area (Å²) in [4.78, 5) is 14.1. The van der Waals surface area contributed by atoms with E-state index in [1.165, 1.54) is 25.7 Å². The van der Waals surface area contributed by atoms with Gasteiger partial charge in [-0.05, 0) is 24.5 Å². The molecule has 1 heterocycles. The summed E-state index contributed by atoms with van der Waals surface area (Å²) in [6, 6.07) is 8.41. The second kappa shape index (κ2) is 6.06. The summed E-state index contributed by atoms with van der Waals surface area (Å²) in [5.41, 5.74) is 1.04. The van der Waals surface area contributed by atoms with E-state index in [9.17, 15) is 9.90 Å². The van der Waals surface area contributed by atoms with E-state index in [2.05, 4.69) is 4.90 Å². The number of nitrogens with zero attached hydrogens (tertiary/aromatic N) is 1. The highest BCUT2D eigenvalue weighted by Crippen LogP contribution is 2.40. The lowest BCUT2D eigenvalue weighted by Gasteiger charge is -2.23.